The third-order valence-electron chi connectivity index (χ3n) is 4.09. The molecule has 1 amide bonds. The number of likely N-dealkylation sites (N-methyl/N-ethyl adjacent to an activating group) is 1. The van der Waals surface area contributed by atoms with Gasteiger partial charge in [0.25, 0.3) is 5.91 Å². The summed E-state index contributed by atoms with van der Waals surface area (Å²) >= 11 is 1.62. The van der Waals surface area contributed by atoms with E-state index in [0.29, 0.717) is 0 Å². The second-order valence-corrected chi connectivity index (χ2v) is 6.82. The molecule has 0 aliphatic carbocycles. The molecule has 24 heavy (non-hydrogen) atoms. The molecule has 124 valence electrons. The summed E-state index contributed by atoms with van der Waals surface area (Å²) in [4.78, 5) is 18.8. The van der Waals surface area contributed by atoms with E-state index in [2.05, 4.69) is 4.98 Å². The number of aromatic nitrogens is 1. The SMILES string of the molecule is Cc1ccccc1OCC(=O)N(C)[C@H](C)c1nc2ccccc2s1. The lowest BCUT2D eigenvalue weighted by atomic mass is 10.2. The summed E-state index contributed by atoms with van der Waals surface area (Å²) in [6.45, 7) is 3.98. The zero-order valence-electron chi connectivity index (χ0n) is 14.0. The molecule has 0 aliphatic rings. The van der Waals surface area contributed by atoms with E-state index in [1.54, 1.807) is 23.3 Å². The first-order valence-electron chi connectivity index (χ1n) is 7.86. The molecule has 4 nitrogen and oxygen atoms in total. The van der Waals surface area contributed by atoms with Crippen LogP contribution < -0.4 is 4.74 Å². The van der Waals surface area contributed by atoms with Crippen molar-refractivity contribution in [2.24, 2.45) is 0 Å². The van der Waals surface area contributed by atoms with Crippen LogP contribution in [-0.4, -0.2) is 29.4 Å². The quantitative estimate of drug-likeness (QED) is 0.699. The number of fused-ring (bicyclic) bond motifs is 1. The summed E-state index contributed by atoms with van der Waals surface area (Å²) in [5, 5.41) is 0.933. The topological polar surface area (TPSA) is 42.4 Å². The van der Waals surface area contributed by atoms with E-state index in [4.69, 9.17) is 4.74 Å². The Hall–Kier alpha value is -2.40. The van der Waals surface area contributed by atoms with Crippen LogP contribution in [0.1, 0.15) is 23.5 Å². The largest absolute Gasteiger partial charge is 0.484 e. The molecule has 0 saturated carbocycles. The highest BCUT2D eigenvalue weighted by atomic mass is 32.1. The minimum absolute atomic E-state index is 0.0244. The summed E-state index contributed by atoms with van der Waals surface area (Å²) in [5.74, 6) is 0.678. The Kier molecular flexibility index (Phi) is 4.81. The summed E-state index contributed by atoms with van der Waals surface area (Å²) in [5.41, 5.74) is 1.99. The molecule has 0 saturated heterocycles. The van der Waals surface area contributed by atoms with Crippen molar-refractivity contribution in [1.82, 2.24) is 9.88 Å². The maximum atomic E-state index is 12.4. The number of benzene rings is 2. The first-order chi connectivity index (χ1) is 11.6. The van der Waals surface area contributed by atoms with Gasteiger partial charge in [0.1, 0.15) is 10.8 Å². The molecule has 1 aromatic heterocycles. The van der Waals surface area contributed by atoms with Crippen LogP contribution in [0.15, 0.2) is 48.5 Å². The van der Waals surface area contributed by atoms with E-state index in [-0.39, 0.29) is 18.6 Å². The number of para-hydroxylation sites is 2. The van der Waals surface area contributed by atoms with Gasteiger partial charge in [-0.3, -0.25) is 4.79 Å². The van der Waals surface area contributed by atoms with Gasteiger partial charge in [-0.25, -0.2) is 4.98 Å². The fourth-order valence-electron chi connectivity index (χ4n) is 2.41. The maximum Gasteiger partial charge on any atom is 0.260 e. The van der Waals surface area contributed by atoms with Crippen molar-refractivity contribution in [2.45, 2.75) is 19.9 Å². The van der Waals surface area contributed by atoms with Crippen molar-refractivity contribution in [3.63, 3.8) is 0 Å². The molecule has 2 aromatic carbocycles. The van der Waals surface area contributed by atoms with Crippen molar-refractivity contribution in [2.75, 3.05) is 13.7 Å². The molecule has 0 aliphatic heterocycles. The number of aryl methyl sites for hydroxylation is 1. The van der Waals surface area contributed by atoms with Gasteiger partial charge in [-0.05, 0) is 37.6 Å². The minimum atomic E-state index is -0.0876. The highest BCUT2D eigenvalue weighted by Crippen LogP contribution is 2.28. The second kappa shape index (κ2) is 7.01. The monoisotopic (exact) mass is 340 g/mol. The lowest BCUT2D eigenvalue weighted by Gasteiger charge is -2.23. The molecular formula is C19H20N2O2S. The first kappa shape index (κ1) is 16.5. The number of hydrogen-bond donors (Lipinski definition) is 0. The van der Waals surface area contributed by atoms with Crippen LogP contribution in [0.2, 0.25) is 0 Å². The highest BCUT2D eigenvalue weighted by molar-refractivity contribution is 7.18. The van der Waals surface area contributed by atoms with Crippen molar-refractivity contribution >= 4 is 27.5 Å². The van der Waals surface area contributed by atoms with Crippen LogP contribution in [0, 0.1) is 6.92 Å². The number of rotatable bonds is 5. The molecule has 0 radical (unpaired) electrons. The van der Waals surface area contributed by atoms with E-state index in [9.17, 15) is 4.79 Å². The Bertz CT molecular complexity index is 826. The van der Waals surface area contributed by atoms with Gasteiger partial charge in [0.2, 0.25) is 0 Å². The lowest BCUT2D eigenvalue weighted by Crippen LogP contribution is -2.33. The fourth-order valence-corrected chi connectivity index (χ4v) is 3.47. The van der Waals surface area contributed by atoms with Gasteiger partial charge < -0.3 is 9.64 Å². The van der Waals surface area contributed by atoms with Crippen molar-refractivity contribution in [3.8, 4) is 5.75 Å². The predicted molar refractivity (Wildman–Crippen MR) is 97.5 cm³/mol. The van der Waals surface area contributed by atoms with E-state index in [1.165, 1.54) is 0 Å². The zero-order valence-corrected chi connectivity index (χ0v) is 14.8. The van der Waals surface area contributed by atoms with Gasteiger partial charge in [0.15, 0.2) is 6.61 Å². The van der Waals surface area contributed by atoms with Crippen LogP contribution in [0.5, 0.6) is 5.75 Å². The van der Waals surface area contributed by atoms with E-state index in [1.807, 2.05) is 62.4 Å². The van der Waals surface area contributed by atoms with E-state index < -0.39 is 0 Å². The Labute approximate surface area is 145 Å². The van der Waals surface area contributed by atoms with Gasteiger partial charge in [-0.2, -0.15) is 0 Å². The number of amides is 1. The number of carbonyl (C=O) groups excluding carboxylic acids is 1. The van der Waals surface area contributed by atoms with Gasteiger partial charge in [0.05, 0.1) is 16.3 Å². The molecule has 5 heteroatoms. The molecule has 0 unspecified atom stereocenters. The van der Waals surface area contributed by atoms with Crippen LogP contribution in [-0.2, 0) is 4.79 Å². The molecular weight excluding hydrogens is 320 g/mol. The van der Waals surface area contributed by atoms with Crippen LogP contribution in [0.4, 0.5) is 0 Å². The Morgan fingerprint density at radius 2 is 1.92 bits per heavy atom. The normalized spacial score (nSPS) is 12.1. The lowest BCUT2D eigenvalue weighted by molar-refractivity contribution is -0.134. The Balaban J connectivity index is 1.67. The van der Waals surface area contributed by atoms with Gasteiger partial charge in [-0.15, -0.1) is 11.3 Å². The zero-order chi connectivity index (χ0) is 17.1. The highest BCUT2D eigenvalue weighted by Gasteiger charge is 2.21. The van der Waals surface area contributed by atoms with Gasteiger partial charge in [0, 0.05) is 7.05 Å². The fraction of sp³-hybridized carbons (Fsp3) is 0.263. The van der Waals surface area contributed by atoms with Crippen LogP contribution in [0.3, 0.4) is 0 Å². The minimum Gasteiger partial charge on any atom is -0.484 e. The van der Waals surface area contributed by atoms with Gasteiger partial charge >= 0.3 is 0 Å². The van der Waals surface area contributed by atoms with Crippen LogP contribution in [0.25, 0.3) is 10.2 Å². The number of nitrogens with zero attached hydrogens (tertiary/aromatic N) is 2. The molecule has 0 fully saturated rings. The average molecular weight is 340 g/mol. The molecule has 1 heterocycles. The number of ether oxygens (including phenoxy) is 1. The molecule has 0 N–H and O–H groups in total. The summed E-state index contributed by atoms with van der Waals surface area (Å²) in [7, 11) is 1.79. The van der Waals surface area contributed by atoms with Crippen molar-refractivity contribution < 1.29 is 9.53 Å². The predicted octanol–water partition coefficient (Wildman–Crippen LogP) is 4.20. The number of hydrogen-bond acceptors (Lipinski definition) is 4. The second-order valence-electron chi connectivity index (χ2n) is 5.75. The Morgan fingerprint density at radius 3 is 2.67 bits per heavy atom. The Morgan fingerprint density at radius 1 is 1.21 bits per heavy atom. The third kappa shape index (κ3) is 3.41. The standard InChI is InChI=1S/C19H20N2O2S/c1-13-8-4-6-10-16(13)23-12-18(22)21(3)14(2)19-20-15-9-5-7-11-17(15)24-19/h4-11,14H,12H2,1-3H3/t14-/m1/s1. The van der Waals surface area contributed by atoms with Crippen LogP contribution >= 0.6 is 11.3 Å². The summed E-state index contributed by atoms with van der Waals surface area (Å²) < 4.78 is 6.79. The molecule has 0 spiro atoms. The molecule has 1 atom stereocenters. The third-order valence-corrected chi connectivity index (χ3v) is 5.29. The molecule has 3 aromatic rings. The molecule has 0 bridgehead atoms. The van der Waals surface area contributed by atoms with Crippen molar-refractivity contribution in [3.05, 3.63) is 59.1 Å². The number of carbonyl (C=O) groups is 1. The van der Waals surface area contributed by atoms with E-state index >= 15 is 0 Å². The summed E-state index contributed by atoms with van der Waals surface area (Å²) in [6.07, 6.45) is 0. The maximum absolute atomic E-state index is 12.4. The van der Waals surface area contributed by atoms with Crippen molar-refractivity contribution in [1.29, 1.82) is 0 Å². The average Bonchev–Trinajstić information content (AvgIpc) is 3.03. The van der Waals surface area contributed by atoms with Gasteiger partial charge in [-0.1, -0.05) is 30.3 Å². The molecule has 3 rings (SSSR count). The smallest absolute Gasteiger partial charge is 0.260 e. The number of thiazole rings is 1. The summed E-state index contributed by atoms with van der Waals surface area (Å²) in [6, 6.07) is 15.6. The first-order valence-corrected chi connectivity index (χ1v) is 8.67. The van der Waals surface area contributed by atoms with E-state index in [0.717, 1.165) is 26.5 Å².